The Labute approximate surface area is 147 Å². The van der Waals surface area contributed by atoms with Crippen LogP contribution in [0.15, 0.2) is 53.4 Å². The zero-order valence-electron chi connectivity index (χ0n) is 14.2. The van der Waals surface area contributed by atoms with Gasteiger partial charge in [0.05, 0.1) is 19.5 Å². The summed E-state index contributed by atoms with van der Waals surface area (Å²) < 4.78 is 10.5. The first-order chi connectivity index (χ1) is 11.6. The van der Waals surface area contributed by atoms with E-state index < -0.39 is 0 Å². The molecule has 0 aliphatic rings. The van der Waals surface area contributed by atoms with Crippen molar-refractivity contribution in [3.05, 3.63) is 54.1 Å². The minimum Gasteiger partial charge on any atom is -0.497 e. The molecule has 4 nitrogen and oxygen atoms in total. The average molecular weight is 345 g/mol. The fourth-order valence-electron chi connectivity index (χ4n) is 2.29. The van der Waals surface area contributed by atoms with Crippen molar-refractivity contribution in [2.75, 3.05) is 20.8 Å². The molecule has 0 spiro atoms. The third-order valence-corrected chi connectivity index (χ3v) is 4.74. The fraction of sp³-hybridized carbons (Fsp3) is 0.316. The van der Waals surface area contributed by atoms with Crippen LogP contribution >= 0.6 is 11.8 Å². The van der Waals surface area contributed by atoms with E-state index in [1.165, 1.54) is 11.8 Å². The molecule has 0 aliphatic carbocycles. The van der Waals surface area contributed by atoms with Crippen molar-refractivity contribution in [2.45, 2.75) is 23.5 Å². The number of amides is 1. The van der Waals surface area contributed by atoms with Crippen LogP contribution in [0.25, 0.3) is 0 Å². The van der Waals surface area contributed by atoms with Gasteiger partial charge in [0, 0.05) is 11.4 Å². The highest BCUT2D eigenvalue weighted by Crippen LogP contribution is 2.25. The molecule has 0 fully saturated rings. The number of ether oxygens (including phenoxy) is 2. The summed E-state index contributed by atoms with van der Waals surface area (Å²) in [6, 6.07) is 15.6. The van der Waals surface area contributed by atoms with E-state index in [4.69, 9.17) is 9.47 Å². The SMILES string of the molecule is COc1ccc(SC(C)C(=O)NCCc2ccccc2OC)cc1. The van der Waals surface area contributed by atoms with E-state index >= 15 is 0 Å². The number of thioether (sulfide) groups is 1. The number of rotatable bonds is 8. The summed E-state index contributed by atoms with van der Waals surface area (Å²) in [4.78, 5) is 13.3. The molecule has 24 heavy (non-hydrogen) atoms. The van der Waals surface area contributed by atoms with Crippen molar-refractivity contribution in [3.63, 3.8) is 0 Å². The van der Waals surface area contributed by atoms with Crippen LogP contribution in [0.1, 0.15) is 12.5 Å². The zero-order valence-corrected chi connectivity index (χ0v) is 15.1. The maximum atomic E-state index is 12.2. The molecule has 128 valence electrons. The number of carbonyl (C=O) groups excluding carboxylic acids is 1. The van der Waals surface area contributed by atoms with Crippen LogP contribution in [-0.4, -0.2) is 31.9 Å². The molecule has 1 amide bonds. The summed E-state index contributed by atoms with van der Waals surface area (Å²) in [5.41, 5.74) is 1.09. The highest BCUT2D eigenvalue weighted by Gasteiger charge is 2.14. The lowest BCUT2D eigenvalue weighted by Gasteiger charge is -2.13. The van der Waals surface area contributed by atoms with E-state index in [1.807, 2.05) is 55.5 Å². The monoisotopic (exact) mass is 345 g/mol. The van der Waals surface area contributed by atoms with Crippen LogP contribution in [-0.2, 0) is 11.2 Å². The molecular formula is C19H23NO3S. The number of carbonyl (C=O) groups is 1. The van der Waals surface area contributed by atoms with Gasteiger partial charge in [-0.3, -0.25) is 4.79 Å². The largest absolute Gasteiger partial charge is 0.497 e. The van der Waals surface area contributed by atoms with E-state index in [0.29, 0.717) is 6.54 Å². The zero-order chi connectivity index (χ0) is 17.4. The van der Waals surface area contributed by atoms with E-state index in [9.17, 15) is 4.79 Å². The summed E-state index contributed by atoms with van der Waals surface area (Å²) >= 11 is 1.53. The van der Waals surface area contributed by atoms with Gasteiger partial charge in [-0.25, -0.2) is 0 Å². The quantitative estimate of drug-likeness (QED) is 0.744. The Morgan fingerprint density at radius 1 is 1.08 bits per heavy atom. The minimum absolute atomic E-state index is 0.0331. The van der Waals surface area contributed by atoms with Gasteiger partial charge in [-0.15, -0.1) is 11.8 Å². The Bertz CT molecular complexity index is 658. The Kier molecular flexibility index (Phi) is 7.00. The van der Waals surface area contributed by atoms with E-state index in [0.717, 1.165) is 28.4 Å². The summed E-state index contributed by atoms with van der Waals surface area (Å²) in [6.07, 6.45) is 0.746. The molecular weight excluding hydrogens is 322 g/mol. The van der Waals surface area contributed by atoms with Crippen molar-refractivity contribution < 1.29 is 14.3 Å². The number of benzene rings is 2. The molecule has 1 N–H and O–H groups in total. The van der Waals surface area contributed by atoms with Crippen molar-refractivity contribution in [1.82, 2.24) is 5.32 Å². The van der Waals surface area contributed by atoms with Crippen LogP contribution in [0, 0.1) is 0 Å². The molecule has 2 rings (SSSR count). The second-order valence-corrected chi connectivity index (χ2v) is 6.70. The van der Waals surface area contributed by atoms with Crippen LogP contribution < -0.4 is 14.8 Å². The Morgan fingerprint density at radius 2 is 1.79 bits per heavy atom. The first-order valence-electron chi connectivity index (χ1n) is 7.84. The van der Waals surface area contributed by atoms with Gasteiger partial charge in [0.15, 0.2) is 0 Å². The van der Waals surface area contributed by atoms with Crippen molar-refractivity contribution >= 4 is 17.7 Å². The minimum atomic E-state index is -0.156. The topological polar surface area (TPSA) is 47.6 Å². The van der Waals surface area contributed by atoms with Gasteiger partial charge < -0.3 is 14.8 Å². The predicted molar refractivity (Wildman–Crippen MR) is 98.0 cm³/mol. The van der Waals surface area contributed by atoms with E-state index in [2.05, 4.69) is 5.32 Å². The summed E-state index contributed by atoms with van der Waals surface area (Å²) in [5, 5.41) is 2.83. The van der Waals surface area contributed by atoms with Gasteiger partial charge in [-0.05, 0) is 49.2 Å². The normalized spacial score (nSPS) is 11.6. The van der Waals surface area contributed by atoms with E-state index in [1.54, 1.807) is 14.2 Å². The molecule has 0 radical (unpaired) electrons. The van der Waals surface area contributed by atoms with Gasteiger partial charge in [-0.1, -0.05) is 18.2 Å². The summed E-state index contributed by atoms with van der Waals surface area (Å²) in [6.45, 7) is 2.50. The number of para-hydroxylation sites is 1. The Hall–Kier alpha value is -2.14. The van der Waals surface area contributed by atoms with Crippen molar-refractivity contribution in [3.8, 4) is 11.5 Å². The molecule has 0 aromatic heterocycles. The molecule has 1 atom stereocenters. The van der Waals surface area contributed by atoms with E-state index in [-0.39, 0.29) is 11.2 Å². The first kappa shape index (κ1) is 18.2. The second-order valence-electron chi connectivity index (χ2n) is 5.29. The van der Waals surface area contributed by atoms with Crippen LogP contribution in [0.3, 0.4) is 0 Å². The lowest BCUT2D eigenvalue weighted by atomic mass is 10.1. The number of nitrogens with one attached hydrogen (secondary N) is 1. The lowest BCUT2D eigenvalue weighted by Crippen LogP contribution is -2.32. The number of hydrogen-bond acceptors (Lipinski definition) is 4. The number of hydrogen-bond donors (Lipinski definition) is 1. The second kappa shape index (κ2) is 9.23. The van der Waals surface area contributed by atoms with Gasteiger partial charge in [0.1, 0.15) is 11.5 Å². The molecule has 0 bridgehead atoms. The Morgan fingerprint density at radius 3 is 2.46 bits per heavy atom. The lowest BCUT2D eigenvalue weighted by molar-refractivity contribution is -0.120. The Balaban J connectivity index is 1.80. The molecule has 0 saturated carbocycles. The smallest absolute Gasteiger partial charge is 0.233 e. The van der Waals surface area contributed by atoms with Crippen molar-refractivity contribution in [1.29, 1.82) is 0 Å². The van der Waals surface area contributed by atoms with Crippen LogP contribution in [0.2, 0.25) is 0 Å². The molecule has 5 heteroatoms. The molecule has 2 aromatic carbocycles. The third kappa shape index (κ3) is 5.20. The summed E-state index contributed by atoms with van der Waals surface area (Å²) in [7, 11) is 3.30. The third-order valence-electron chi connectivity index (χ3n) is 3.63. The fourth-order valence-corrected chi connectivity index (χ4v) is 3.18. The average Bonchev–Trinajstić information content (AvgIpc) is 2.62. The first-order valence-corrected chi connectivity index (χ1v) is 8.72. The molecule has 0 aliphatic heterocycles. The molecule has 0 heterocycles. The highest BCUT2D eigenvalue weighted by atomic mass is 32.2. The highest BCUT2D eigenvalue weighted by molar-refractivity contribution is 8.00. The molecule has 1 unspecified atom stereocenters. The summed E-state index contributed by atoms with van der Waals surface area (Å²) in [5.74, 6) is 1.70. The number of methoxy groups -OCH3 is 2. The van der Waals surface area contributed by atoms with Crippen molar-refractivity contribution in [2.24, 2.45) is 0 Å². The molecule has 0 saturated heterocycles. The van der Waals surface area contributed by atoms with Gasteiger partial charge in [0.25, 0.3) is 0 Å². The molecule has 2 aromatic rings. The van der Waals surface area contributed by atoms with Gasteiger partial charge in [0.2, 0.25) is 5.91 Å². The van der Waals surface area contributed by atoms with Gasteiger partial charge in [-0.2, -0.15) is 0 Å². The van der Waals surface area contributed by atoms with Gasteiger partial charge >= 0.3 is 0 Å². The van der Waals surface area contributed by atoms with Crippen LogP contribution in [0.5, 0.6) is 11.5 Å². The standard InChI is InChI=1S/C19H23NO3S/c1-14(24-17-10-8-16(22-2)9-11-17)19(21)20-13-12-15-6-4-5-7-18(15)23-3/h4-11,14H,12-13H2,1-3H3,(H,20,21). The maximum absolute atomic E-state index is 12.2. The van der Waals surface area contributed by atoms with Crippen LogP contribution in [0.4, 0.5) is 0 Å². The predicted octanol–water partition coefficient (Wildman–Crippen LogP) is 3.54. The maximum Gasteiger partial charge on any atom is 0.233 e.